The molecule has 0 saturated carbocycles. The summed E-state index contributed by atoms with van der Waals surface area (Å²) in [6.07, 6.45) is 5.16. The van der Waals surface area contributed by atoms with Crippen molar-refractivity contribution in [3.8, 4) is 5.82 Å². The Morgan fingerprint density at radius 3 is 2.22 bits per heavy atom. The highest BCUT2D eigenvalue weighted by Crippen LogP contribution is 2.24. The molecular weight excluding hydrogens is 424 g/mol. The van der Waals surface area contributed by atoms with Crippen LogP contribution >= 0.6 is 0 Å². The number of hydrogen-bond donors (Lipinski definition) is 2. The minimum absolute atomic E-state index is 0.284. The Hall–Kier alpha value is -3.72. The number of aromatic nitrogens is 4. The number of aryl methyl sites for hydroxylation is 4. The number of anilines is 3. The first-order chi connectivity index (χ1) is 15.2. The molecule has 2 N–H and O–H groups in total. The Labute approximate surface area is 187 Å². The Kier molecular flexibility index (Phi) is 5.67. The monoisotopic (exact) mass is 448 g/mol. The standard InChI is InChI=1S/C23H24N6O2S/c1-15-11-17(3)21(12-16(15)2)32(30,31)28-20-7-5-19(6-8-20)27-22-13-23(26-18(4)25-22)29-10-9-24-14-29/h5-14,28H,1-4H3,(H,25,26,27). The lowest BCUT2D eigenvalue weighted by molar-refractivity contribution is 0.600. The number of benzene rings is 2. The van der Waals surface area contributed by atoms with E-state index in [0.29, 0.717) is 28.7 Å². The van der Waals surface area contributed by atoms with E-state index in [2.05, 4.69) is 25.0 Å². The minimum Gasteiger partial charge on any atom is -0.340 e. The maximum Gasteiger partial charge on any atom is 0.262 e. The number of nitrogens with zero attached hydrogens (tertiary/aromatic N) is 4. The van der Waals surface area contributed by atoms with Crippen LogP contribution in [0.3, 0.4) is 0 Å². The quantitative estimate of drug-likeness (QED) is 0.452. The SMILES string of the molecule is Cc1nc(Nc2ccc(NS(=O)(=O)c3cc(C)c(C)cc3C)cc2)cc(-n2ccnc2)n1. The van der Waals surface area contributed by atoms with Crippen LogP contribution in [0.4, 0.5) is 17.2 Å². The molecule has 0 unspecified atom stereocenters. The van der Waals surface area contributed by atoms with Gasteiger partial charge in [0.2, 0.25) is 0 Å². The van der Waals surface area contributed by atoms with Gasteiger partial charge in [0.05, 0.1) is 4.90 Å². The van der Waals surface area contributed by atoms with E-state index in [9.17, 15) is 8.42 Å². The molecule has 9 heteroatoms. The molecule has 0 saturated heterocycles. The second-order valence-corrected chi connectivity index (χ2v) is 9.29. The molecule has 0 radical (unpaired) electrons. The van der Waals surface area contributed by atoms with E-state index in [1.54, 1.807) is 54.3 Å². The van der Waals surface area contributed by atoms with Crippen molar-refractivity contribution in [3.63, 3.8) is 0 Å². The van der Waals surface area contributed by atoms with Gasteiger partial charge in [-0.15, -0.1) is 0 Å². The number of rotatable bonds is 6. The van der Waals surface area contributed by atoms with Crippen molar-refractivity contribution >= 4 is 27.2 Å². The Bertz CT molecular complexity index is 1360. The van der Waals surface area contributed by atoms with E-state index < -0.39 is 10.0 Å². The summed E-state index contributed by atoms with van der Waals surface area (Å²) in [7, 11) is -3.69. The maximum absolute atomic E-state index is 12.9. The van der Waals surface area contributed by atoms with Gasteiger partial charge >= 0.3 is 0 Å². The summed E-state index contributed by atoms with van der Waals surface area (Å²) in [6.45, 7) is 7.49. The average Bonchev–Trinajstić information content (AvgIpc) is 3.26. The molecule has 0 aliphatic rings. The largest absolute Gasteiger partial charge is 0.340 e. The van der Waals surface area contributed by atoms with Crippen LogP contribution in [-0.4, -0.2) is 27.9 Å². The van der Waals surface area contributed by atoms with Crippen LogP contribution in [0.5, 0.6) is 0 Å². The third-order valence-corrected chi connectivity index (χ3v) is 6.61. The smallest absolute Gasteiger partial charge is 0.262 e. The summed E-state index contributed by atoms with van der Waals surface area (Å²) in [5.74, 6) is 1.94. The van der Waals surface area contributed by atoms with Crippen LogP contribution in [0.15, 0.2) is 66.1 Å². The summed E-state index contributed by atoms with van der Waals surface area (Å²) in [5.41, 5.74) is 3.96. The Morgan fingerprint density at radius 1 is 0.844 bits per heavy atom. The van der Waals surface area contributed by atoms with Gasteiger partial charge in [0.1, 0.15) is 23.8 Å². The van der Waals surface area contributed by atoms with E-state index in [4.69, 9.17) is 0 Å². The predicted octanol–water partition coefficient (Wildman–Crippen LogP) is 4.44. The van der Waals surface area contributed by atoms with E-state index in [1.165, 1.54) is 0 Å². The summed E-state index contributed by atoms with van der Waals surface area (Å²) in [4.78, 5) is 13.2. The fraction of sp³-hybridized carbons (Fsp3) is 0.174. The molecule has 0 aliphatic heterocycles. The van der Waals surface area contributed by atoms with Gasteiger partial charge in [-0.3, -0.25) is 9.29 Å². The van der Waals surface area contributed by atoms with Gasteiger partial charge in [-0.1, -0.05) is 6.07 Å². The van der Waals surface area contributed by atoms with Crippen molar-refractivity contribution in [1.82, 2.24) is 19.5 Å². The summed E-state index contributed by atoms with van der Waals surface area (Å²) in [6, 6.07) is 12.4. The Balaban J connectivity index is 1.52. The summed E-state index contributed by atoms with van der Waals surface area (Å²) >= 11 is 0. The number of hydrogen-bond acceptors (Lipinski definition) is 6. The van der Waals surface area contributed by atoms with Gasteiger partial charge in [0.15, 0.2) is 0 Å². The Morgan fingerprint density at radius 2 is 1.53 bits per heavy atom. The molecule has 2 aromatic heterocycles. The highest BCUT2D eigenvalue weighted by Gasteiger charge is 2.18. The summed E-state index contributed by atoms with van der Waals surface area (Å²) < 4.78 is 30.3. The van der Waals surface area contributed by atoms with Crippen LogP contribution in [-0.2, 0) is 10.0 Å². The highest BCUT2D eigenvalue weighted by atomic mass is 32.2. The van der Waals surface area contributed by atoms with Crippen LogP contribution in [0.2, 0.25) is 0 Å². The molecule has 0 aliphatic carbocycles. The zero-order chi connectivity index (χ0) is 22.9. The number of nitrogens with one attached hydrogen (secondary N) is 2. The normalized spacial score (nSPS) is 11.4. The van der Waals surface area contributed by atoms with Gasteiger partial charge in [-0.2, -0.15) is 0 Å². The first-order valence-electron chi connectivity index (χ1n) is 10.0. The van der Waals surface area contributed by atoms with Crippen molar-refractivity contribution in [1.29, 1.82) is 0 Å². The zero-order valence-corrected chi connectivity index (χ0v) is 19.1. The number of imidazole rings is 1. The molecule has 8 nitrogen and oxygen atoms in total. The summed E-state index contributed by atoms with van der Waals surface area (Å²) in [5, 5.41) is 3.23. The topological polar surface area (TPSA) is 102 Å². The van der Waals surface area contributed by atoms with Crippen LogP contribution < -0.4 is 10.0 Å². The van der Waals surface area contributed by atoms with Gasteiger partial charge in [0, 0.05) is 29.8 Å². The van der Waals surface area contributed by atoms with E-state index in [-0.39, 0.29) is 4.90 Å². The highest BCUT2D eigenvalue weighted by molar-refractivity contribution is 7.92. The molecule has 2 aromatic carbocycles. The molecule has 2 heterocycles. The lowest BCUT2D eigenvalue weighted by atomic mass is 10.1. The van der Waals surface area contributed by atoms with E-state index in [1.807, 2.05) is 39.1 Å². The maximum atomic E-state index is 12.9. The first-order valence-corrected chi connectivity index (χ1v) is 11.5. The second-order valence-electron chi connectivity index (χ2n) is 7.64. The van der Waals surface area contributed by atoms with Crippen LogP contribution in [0.1, 0.15) is 22.5 Å². The molecule has 164 valence electrons. The molecule has 0 fully saturated rings. The molecule has 0 amide bonds. The van der Waals surface area contributed by atoms with Crippen molar-refractivity contribution in [3.05, 3.63) is 83.7 Å². The van der Waals surface area contributed by atoms with Gasteiger partial charge in [-0.25, -0.2) is 23.4 Å². The van der Waals surface area contributed by atoms with E-state index >= 15 is 0 Å². The molecule has 0 atom stereocenters. The molecule has 0 spiro atoms. The first kappa shape index (κ1) is 21.5. The van der Waals surface area contributed by atoms with Crippen molar-refractivity contribution in [2.24, 2.45) is 0 Å². The van der Waals surface area contributed by atoms with Crippen LogP contribution in [0, 0.1) is 27.7 Å². The molecule has 4 aromatic rings. The molecule has 32 heavy (non-hydrogen) atoms. The van der Waals surface area contributed by atoms with Crippen molar-refractivity contribution < 1.29 is 8.42 Å². The molecule has 0 bridgehead atoms. The third-order valence-electron chi connectivity index (χ3n) is 5.08. The molecule has 4 rings (SSSR count). The van der Waals surface area contributed by atoms with Crippen LogP contribution in [0.25, 0.3) is 5.82 Å². The fourth-order valence-corrected chi connectivity index (χ4v) is 4.72. The van der Waals surface area contributed by atoms with Gasteiger partial charge in [-0.05, 0) is 74.7 Å². The van der Waals surface area contributed by atoms with Crippen molar-refractivity contribution in [2.75, 3.05) is 10.0 Å². The van der Waals surface area contributed by atoms with Crippen molar-refractivity contribution in [2.45, 2.75) is 32.6 Å². The molecular formula is C23H24N6O2S. The zero-order valence-electron chi connectivity index (χ0n) is 18.3. The predicted molar refractivity (Wildman–Crippen MR) is 125 cm³/mol. The van der Waals surface area contributed by atoms with E-state index in [0.717, 1.165) is 16.8 Å². The second kappa shape index (κ2) is 8.43. The lowest BCUT2D eigenvalue weighted by Gasteiger charge is -2.13. The number of sulfonamides is 1. The van der Waals surface area contributed by atoms with Gasteiger partial charge in [0.25, 0.3) is 10.0 Å². The average molecular weight is 449 g/mol. The van der Waals surface area contributed by atoms with Gasteiger partial charge < -0.3 is 5.32 Å². The lowest BCUT2D eigenvalue weighted by Crippen LogP contribution is -2.14. The minimum atomic E-state index is -3.69. The third kappa shape index (κ3) is 4.62. The fourth-order valence-electron chi connectivity index (χ4n) is 3.35.